The van der Waals surface area contributed by atoms with E-state index < -0.39 is 5.97 Å². The quantitative estimate of drug-likeness (QED) is 0.111. The molecule has 1 heterocycles. The predicted molar refractivity (Wildman–Crippen MR) is 148 cm³/mol. The second-order valence-electron chi connectivity index (χ2n) is 8.15. The standard InChI is InChI=1S/C29H21ClN2O4S/c1-35-24-15-18(17-31-32-26(33)16-20-9-6-8-19-7-2-3-10-21(19)20)13-14-23(24)36-29(34)28-27(30)22-11-4-5-12-25(22)37-28/h2-15,17H,16H2,1H3,(H,32,33). The molecule has 1 aromatic heterocycles. The number of hydrazone groups is 1. The van der Waals surface area contributed by atoms with Crippen molar-refractivity contribution in [3.8, 4) is 11.5 Å². The first kappa shape index (κ1) is 24.5. The third kappa shape index (κ3) is 5.33. The average molecular weight is 529 g/mol. The van der Waals surface area contributed by atoms with Gasteiger partial charge in [-0.3, -0.25) is 4.79 Å². The van der Waals surface area contributed by atoms with E-state index in [0.717, 1.165) is 26.4 Å². The summed E-state index contributed by atoms with van der Waals surface area (Å²) >= 11 is 7.68. The fraction of sp³-hybridized carbons (Fsp3) is 0.0690. The number of benzene rings is 4. The predicted octanol–water partition coefficient (Wildman–Crippen LogP) is 6.63. The number of carbonyl (C=O) groups is 2. The molecule has 0 radical (unpaired) electrons. The van der Waals surface area contributed by atoms with Gasteiger partial charge in [-0.2, -0.15) is 5.10 Å². The van der Waals surface area contributed by atoms with Crippen LogP contribution in [0.15, 0.2) is 90.0 Å². The number of thiophene rings is 1. The van der Waals surface area contributed by atoms with E-state index in [9.17, 15) is 9.59 Å². The Balaban J connectivity index is 1.25. The molecule has 0 aliphatic rings. The van der Waals surface area contributed by atoms with Gasteiger partial charge in [0.05, 0.1) is 24.8 Å². The second kappa shape index (κ2) is 10.8. The van der Waals surface area contributed by atoms with E-state index in [1.54, 1.807) is 18.2 Å². The molecule has 0 aliphatic heterocycles. The SMILES string of the molecule is COc1cc(C=NNC(=O)Cc2cccc3ccccc23)ccc1OC(=O)c1sc2ccccc2c1Cl. The van der Waals surface area contributed by atoms with Crippen molar-refractivity contribution in [2.45, 2.75) is 6.42 Å². The van der Waals surface area contributed by atoms with Gasteiger partial charge in [0.25, 0.3) is 0 Å². The molecule has 4 aromatic carbocycles. The number of amides is 1. The van der Waals surface area contributed by atoms with Crippen molar-refractivity contribution in [1.82, 2.24) is 5.43 Å². The van der Waals surface area contributed by atoms with Crippen LogP contribution in [0.2, 0.25) is 5.02 Å². The summed E-state index contributed by atoms with van der Waals surface area (Å²) in [7, 11) is 1.48. The minimum atomic E-state index is -0.563. The van der Waals surface area contributed by atoms with Crippen molar-refractivity contribution in [3.05, 3.63) is 106 Å². The lowest BCUT2D eigenvalue weighted by Crippen LogP contribution is -2.19. The molecule has 0 spiro atoms. The number of halogens is 1. The number of esters is 1. The van der Waals surface area contributed by atoms with E-state index >= 15 is 0 Å². The van der Waals surface area contributed by atoms with Gasteiger partial charge in [0, 0.05) is 10.1 Å². The third-order valence-corrected chi connectivity index (χ3v) is 7.40. The third-order valence-electron chi connectivity index (χ3n) is 5.74. The van der Waals surface area contributed by atoms with Gasteiger partial charge in [-0.1, -0.05) is 72.3 Å². The van der Waals surface area contributed by atoms with Gasteiger partial charge < -0.3 is 9.47 Å². The van der Waals surface area contributed by atoms with Crippen LogP contribution in [0.1, 0.15) is 20.8 Å². The van der Waals surface area contributed by atoms with Crippen LogP contribution in [0.25, 0.3) is 20.9 Å². The molecule has 0 saturated heterocycles. The fourth-order valence-electron chi connectivity index (χ4n) is 3.98. The maximum absolute atomic E-state index is 12.8. The second-order valence-corrected chi connectivity index (χ2v) is 9.58. The maximum Gasteiger partial charge on any atom is 0.355 e. The Kier molecular flexibility index (Phi) is 7.16. The van der Waals surface area contributed by atoms with Gasteiger partial charge in [-0.05, 0) is 46.2 Å². The first-order valence-electron chi connectivity index (χ1n) is 11.4. The number of ether oxygens (including phenoxy) is 2. The Morgan fingerprint density at radius 3 is 2.51 bits per heavy atom. The Hall–Kier alpha value is -4.20. The number of carbonyl (C=O) groups excluding carboxylic acids is 2. The molecule has 1 amide bonds. The van der Waals surface area contributed by atoms with Crippen molar-refractivity contribution in [2.24, 2.45) is 5.10 Å². The van der Waals surface area contributed by atoms with Crippen LogP contribution in [-0.2, 0) is 11.2 Å². The summed E-state index contributed by atoms with van der Waals surface area (Å²) in [4.78, 5) is 25.6. The topological polar surface area (TPSA) is 77.0 Å². The van der Waals surface area contributed by atoms with Crippen molar-refractivity contribution in [3.63, 3.8) is 0 Å². The summed E-state index contributed by atoms with van der Waals surface area (Å²) < 4.78 is 11.9. The van der Waals surface area contributed by atoms with Gasteiger partial charge >= 0.3 is 5.97 Å². The number of methoxy groups -OCH3 is 1. The van der Waals surface area contributed by atoms with Crippen LogP contribution in [-0.4, -0.2) is 25.2 Å². The van der Waals surface area contributed by atoms with Gasteiger partial charge in [-0.25, -0.2) is 10.2 Å². The van der Waals surface area contributed by atoms with E-state index in [2.05, 4.69) is 10.5 Å². The Labute approximate surface area is 222 Å². The van der Waals surface area contributed by atoms with E-state index in [1.807, 2.05) is 66.7 Å². The van der Waals surface area contributed by atoms with Gasteiger partial charge in [0.15, 0.2) is 11.5 Å². The first-order valence-corrected chi connectivity index (χ1v) is 12.6. The zero-order valence-corrected chi connectivity index (χ0v) is 21.3. The summed E-state index contributed by atoms with van der Waals surface area (Å²) in [5.74, 6) is -0.202. The van der Waals surface area contributed by atoms with E-state index in [0.29, 0.717) is 21.2 Å². The molecule has 0 saturated carbocycles. The normalized spacial score (nSPS) is 11.2. The molecule has 0 bridgehead atoms. The van der Waals surface area contributed by atoms with Gasteiger partial charge in [0.1, 0.15) is 4.88 Å². The number of rotatable bonds is 7. The molecule has 5 rings (SSSR count). The van der Waals surface area contributed by atoms with Crippen LogP contribution in [0.4, 0.5) is 0 Å². The van der Waals surface area contributed by atoms with Crippen LogP contribution in [0.5, 0.6) is 11.5 Å². The lowest BCUT2D eigenvalue weighted by atomic mass is 10.0. The molecule has 37 heavy (non-hydrogen) atoms. The minimum Gasteiger partial charge on any atom is -0.493 e. The van der Waals surface area contributed by atoms with Crippen LogP contribution in [0, 0.1) is 0 Å². The summed E-state index contributed by atoms with van der Waals surface area (Å²) in [6, 6.07) is 26.3. The Bertz CT molecular complexity index is 1660. The summed E-state index contributed by atoms with van der Waals surface area (Å²) in [6.45, 7) is 0. The monoisotopic (exact) mass is 528 g/mol. The smallest absolute Gasteiger partial charge is 0.355 e. The van der Waals surface area contributed by atoms with Gasteiger partial charge in [0.2, 0.25) is 5.91 Å². The zero-order chi connectivity index (χ0) is 25.8. The highest BCUT2D eigenvalue weighted by Crippen LogP contribution is 2.37. The Morgan fingerprint density at radius 2 is 1.70 bits per heavy atom. The highest BCUT2D eigenvalue weighted by Gasteiger charge is 2.20. The van der Waals surface area contributed by atoms with Crippen molar-refractivity contribution in [1.29, 1.82) is 0 Å². The first-order chi connectivity index (χ1) is 18.0. The number of hydrogen-bond acceptors (Lipinski definition) is 6. The largest absolute Gasteiger partial charge is 0.493 e. The van der Waals surface area contributed by atoms with E-state index in [-0.39, 0.29) is 18.1 Å². The number of fused-ring (bicyclic) bond motifs is 2. The molecular formula is C29H21ClN2O4S. The summed E-state index contributed by atoms with van der Waals surface area (Å²) in [6.07, 6.45) is 1.70. The number of nitrogens with zero attached hydrogens (tertiary/aromatic N) is 1. The van der Waals surface area contributed by atoms with Crippen molar-refractivity contribution >= 4 is 61.9 Å². The van der Waals surface area contributed by atoms with Crippen molar-refractivity contribution in [2.75, 3.05) is 7.11 Å². The minimum absolute atomic E-state index is 0.206. The van der Waals surface area contributed by atoms with Crippen LogP contribution >= 0.6 is 22.9 Å². The zero-order valence-electron chi connectivity index (χ0n) is 19.7. The molecule has 184 valence electrons. The van der Waals surface area contributed by atoms with Crippen molar-refractivity contribution < 1.29 is 19.1 Å². The Morgan fingerprint density at radius 1 is 0.946 bits per heavy atom. The number of nitrogens with one attached hydrogen (secondary N) is 1. The molecule has 0 atom stereocenters. The average Bonchev–Trinajstić information content (AvgIpc) is 3.26. The molecule has 1 N–H and O–H groups in total. The van der Waals surface area contributed by atoms with E-state index in [4.69, 9.17) is 21.1 Å². The molecule has 5 aromatic rings. The molecule has 8 heteroatoms. The van der Waals surface area contributed by atoms with Crippen LogP contribution < -0.4 is 14.9 Å². The molecular weight excluding hydrogens is 508 g/mol. The summed E-state index contributed by atoms with van der Waals surface area (Å²) in [5.41, 5.74) is 4.14. The maximum atomic E-state index is 12.8. The van der Waals surface area contributed by atoms with Gasteiger partial charge in [-0.15, -0.1) is 11.3 Å². The highest BCUT2D eigenvalue weighted by atomic mass is 35.5. The molecule has 6 nitrogen and oxygen atoms in total. The van der Waals surface area contributed by atoms with Crippen LogP contribution in [0.3, 0.4) is 0 Å². The lowest BCUT2D eigenvalue weighted by molar-refractivity contribution is -0.120. The molecule has 0 unspecified atom stereocenters. The molecule has 0 fully saturated rings. The fourth-order valence-corrected chi connectivity index (χ4v) is 5.36. The molecule has 0 aliphatic carbocycles. The van der Waals surface area contributed by atoms with E-state index in [1.165, 1.54) is 24.7 Å². The number of hydrogen-bond donors (Lipinski definition) is 1. The summed E-state index contributed by atoms with van der Waals surface area (Å²) in [5, 5.41) is 7.36. The lowest BCUT2D eigenvalue weighted by Gasteiger charge is -2.09. The highest BCUT2D eigenvalue weighted by molar-refractivity contribution is 7.21.